The van der Waals surface area contributed by atoms with Gasteiger partial charge in [0.05, 0.1) is 6.61 Å². The molecule has 1 N–H and O–H groups in total. The van der Waals surface area contributed by atoms with Gasteiger partial charge in [-0.1, -0.05) is 0 Å². The normalized spacial score (nSPS) is 25.3. The molecule has 0 bridgehead atoms. The van der Waals surface area contributed by atoms with E-state index in [0.717, 1.165) is 6.42 Å². The second-order valence-electron chi connectivity index (χ2n) is 3.09. The number of amides is 1. The first-order chi connectivity index (χ1) is 6.72. The van der Waals surface area contributed by atoms with Gasteiger partial charge in [-0.2, -0.15) is 0 Å². The zero-order valence-corrected chi connectivity index (χ0v) is 9.52. The van der Waals surface area contributed by atoms with E-state index in [1.807, 2.05) is 0 Å². The summed E-state index contributed by atoms with van der Waals surface area (Å²) in [5.74, 6) is 2.02. The molecule has 1 atom stereocenters. The molecule has 0 radical (unpaired) electrons. The van der Waals surface area contributed by atoms with Crippen LogP contribution >= 0.6 is 15.9 Å². The largest absolute Gasteiger partial charge is 0.378 e. The Morgan fingerprint density at radius 3 is 3.07 bits per heavy atom. The number of hydrogen-bond donors (Lipinski definition) is 1. The lowest BCUT2D eigenvalue weighted by atomic mass is 10.0. The van der Waals surface area contributed by atoms with Gasteiger partial charge < -0.3 is 14.8 Å². The van der Waals surface area contributed by atoms with Gasteiger partial charge in [0.25, 0.3) is 5.91 Å². The maximum Gasteiger partial charge on any atom is 0.296 e. The Balaban J connectivity index is 2.40. The summed E-state index contributed by atoms with van der Waals surface area (Å²) in [6, 6.07) is 0. The van der Waals surface area contributed by atoms with Crippen molar-refractivity contribution in [1.82, 2.24) is 5.32 Å². The molecule has 1 unspecified atom stereocenters. The predicted molar refractivity (Wildman–Crippen MR) is 54.9 cm³/mol. The van der Waals surface area contributed by atoms with Crippen LogP contribution in [0.15, 0.2) is 0 Å². The first kappa shape index (κ1) is 11.5. The van der Waals surface area contributed by atoms with Gasteiger partial charge in [0, 0.05) is 48.5 Å². The third-order valence-corrected chi connectivity index (χ3v) is 2.43. The predicted octanol–water partition coefficient (Wildman–Crippen LogP) is 0.264. The SMILES string of the molecule is COC1(CNC(=O)C#CBr)CCOC1. The van der Waals surface area contributed by atoms with Crippen LogP contribution in [0.3, 0.4) is 0 Å². The molecule has 78 valence electrons. The Hall–Kier alpha value is -0.570. The summed E-state index contributed by atoms with van der Waals surface area (Å²) in [7, 11) is 1.62. The smallest absolute Gasteiger partial charge is 0.296 e. The Kier molecular flexibility index (Phi) is 4.39. The van der Waals surface area contributed by atoms with Gasteiger partial charge in [-0.3, -0.25) is 4.79 Å². The maximum absolute atomic E-state index is 11.0. The molecule has 0 aliphatic carbocycles. The molecule has 1 rings (SSSR count). The van der Waals surface area contributed by atoms with E-state index in [9.17, 15) is 4.79 Å². The summed E-state index contributed by atoms with van der Waals surface area (Å²) >= 11 is 2.86. The number of halogens is 1. The van der Waals surface area contributed by atoms with Crippen molar-refractivity contribution >= 4 is 21.8 Å². The molecule has 1 fully saturated rings. The van der Waals surface area contributed by atoms with Crippen molar-refractivity contribution in [1.29, 1.82) is 0 Å². The van der Waals surface area contributed by atoms with E-state index >= 15 is 0 Å². The lowest BCUT2D eigenvalue weighted by Gasteiger charge is -2.25. The van der Waals surface area contributed by atoms with Crippen LogP contribution in [0.25, 0.3) is 0 Å². The minimum Gasteiger partial charge on any atom is -0.378 e. The summed E-state index contributed by atoms with van der Waals surface area (Å²) in [5.41, 5.74) is -0.371. The number of ether oxygens (including phenoxy) is 2. The zero-order chi connectivity index (χ0) is 10.4. The third-order valence-electron chi connectivity index (χ3n) is 2.23. The zero-order valence-electron chi connectivity index (χ0n) is 7.93. The van der Waals surface area contributed by atoms with Crippen LogP contribution in [0.5, 0.6) is 0 Å². The molecule has 0 aromatic heterocycles. The molecule has 4 nitrogen and oxygen atoms in total. The van der Waals surface area contributed by atoms with E-state index in [1.54, 1.807) is 7.11 Å². The van der Waals surface area contributed by atoms with E-state index in [4.69, 9.17) is 9.47 Å². The van der Waals surface area contributed by atoms with Gasteiger partial charge in [0.2, 0.25) is 0 Å². The molecule has 1 heterocycles. The molecular formula is C9H12BrNO3. The van der Waals surface area contributed by atoms with Crippen molar-refractivity contribution in [2.45, 2.75) is 12.0 Å². The summed E-state index contributed by atoms with van der Waals surface area (Å²) in [6.07, 6.45) is 0.797. The van der Waals surface area contributed by atoms with E-state index in [-0.39, 0.29) is 11.5 Å². The Morgan fingerprint density at radius 1 is 1.79 bits per heavy atom. The van der Waals surface area contributed by atoms with Gasteiger partial charge >= 0.3 is 0 Å². The molecule has 1 saturated heterocycles. The van der Waals surface area contributed by atoms with Crippen molar-refractivity contribution in [3.8, 4) is 10.8 Å². The highest BCUT2D eigenvalue weighted by atomic mass is 79.9. The van der Waals surface area contributed by atoms with E-state index < -0.39 is 0 Å². The van der Waals surface area contributed by atoms with Crippen LogP contribution in [0.4, 0.5) is 0 Å². The Bertz CT molecular complexity index is 263. The lowest BCUT2D eigenvalue weighted by molar-refractivity contribution is -0.117. The minimum absolute atomic E-state index is 0.315. The molecule has 0 saturated carbocycles. The molecule has 1 amide bonds. The summed E-state index contributed by atoms with van der Waals surface area (Å²) in [5, 5.41) is 2.67. The highest BCUT2D eigenvalue weighted by molar-refractivity contribution is 9.12. The highest BCUT2D eigenvalue weighted by Crippen LogP contribution is 2.21. The van der Waals surface area contributed by atoms with Gasteiger partial charge in [-0.15, -0.1) is 0 Å². The fourth-order valence-corrected chi connectivity index (χ4v) is 1.47. The van der Waals surface area contributed by atoms with Gasteiger partial charge in [0.1, 0.15) is 5.60 Å². The summed E-state index contributed by atoms with van der Waals surface area (Å²) < 4.78 is 10.5. The van der Waals surface area contributed by atoms with Crippen LogP contribution in [0, 0.1) is 10.8 Å². The van der Waals surface area contributed by atoms with Crippen molar-refractivity contribution in [2.75, 3.05) is 26.9 Å². The second-order valence-corrected chi connectivity index (χ2v) is 3.49. The topological polar surface area (TPSA) is 47.6 Å². The van der Waals surface area contributed by atoms with Crippen LogP contribution in [-0.4, -0.2) is 38.4 Å². The lowest BCUT2D eigenvalue weighted by Crippen LogP contribution is -2.44. The number of carbonyl (C=O) groups is 1. The quantitative estimate of drug-likeness (QED) is 0.742. The second kappa shape index (κ2) is 5.35. The first-order valence-corrected chi connectivity index (χ1v) is 5.04. The van der Waals surface area contributed by atoms with Gasteiger partial charge in [0.15, 0.2) is 0 Å². The van der Waals surface area contributed by atoms with Crippen LogP contribution in [0.2, 0.25) is 0 Å². The average molecular weight is 262 g/mol. The Labute approximate surface area is 91.5 Å². The molecule has 0 aromatic rings. The van der Waals surface area contributed by atoms with Crippen molar-refractivity contribution in [3.05, 3.63) is 0 Å². The van der Waals surface area contributed by atoms with Gasteiger partial charge in [-0.25, -0.2) is 0 Å². The van der Waals surface area contributed by atoms with Crippen LogP contribution in [0.1, 0.15) is 6.42 Å². The van der Waals surface area contributed by atoms with Crippen LogP contribution in [-0.2, 0) is 14.3 Å². The molecule has 0 aromatic carbocycles. The number of nitrogens with one attached hydrogen (secondary N) is 1. The molecule has 1 aliphatic rings. The summed E-state index contributed by atoms with van der Waals surface area (Å²) in [6.45, 7) is 1.63. The Morgan fingerprint density at radius 2 is 2.57 bits per heavy atom. The fourth-order valence-electron chi connectivity index (χ4n) is 1.29. The maximum atomic E-state index is 11.0. The number of rotatable bonds is 3. The number of carbonyl (C=O) groups excluding carboxylic acids is 1. The fraction of sp³-hybridized carbons (Fsp3) is 0.667. The number of methoxy groups -OCH3 is 1. The molecule has 14 heavy (non-hydrogen) atoms. The van der Waals surface area contributed by atoms with Crippen LogP contribution < -0.4 is 5.32 Å². The minimum atomic E-state index is -0.371. The number of hydrogen-bond acceptors (Lipinski definition) is 3. The standard InChI is InChI=1S/C9H12BrNO3/c1-13-9(3-5-14-7-9)6-11-8(12)2-4-10/h3,5-7H2,1H3,(H,11,12). The van der Waals surface area contributed by atoms with E-state index in [2.05, 4.69) is 32.0 Å². The average Bonchev–Trinajstić information content (AvgIpc) is 2.65. The third kappa shape index (κ3) is 2.98. The molecular weight excluding hydrogens is 250 g/mol. The molecule has 5 heteroatoms. The summed E-state index contributed by atoms with van der Waals surface area (Å²) in [4.78, 5) is 13.4. The highest BCUT2D eigenvalue weighted by Gasteiger charge is 2.34. The van der Waals surface area contributed by atoms with Gasteiger partial charge in [-0.05, 0) is 4.83 Å². The monoisotopic (exact) mass is 261 g/mol. The molecule has 0 spiro atoms. The van der Waals surface area contributed by atoms with Crippen molar-refractivity contribution in [2.24, 2.45) is 0 Å². The first-order valence-electron chi connectivity index (χ1n) is 4.25. The molecule has 1 aliphatic heterocycles. The van der Waals surface area contributed by atoms with Crippen molar-refractivity contribution in [3.63, 3.8) is 0 Å². The van der Waals surface area contributed by atoms with E-state index in [1.165, 1.54) is 0 Å². The van der Waals surface area contributed by atoms with E-state index in [0.29, 0.717) is 19.8 Å². The van der Waals surface area contributed by atoms with Crippen molar-refractivity contribution < 1.29 is 14.3 Å².